The molecule has 0 radical (unpaired) electrons. The van der Waals surface area contributed by atoms with Crippen LogP contribution in [-0.2, 0) is 6.42 Å². The number of aromatic nitrogens is 2. The molecule has 0 aromatic carbocycles. The third kappa shape index (κ3) is 1.79. The van der Waals surface area contributed by atoms with Crippen LogP contribution in [0.15, 0.2) is 42.9 Å². The predicted octanol–water partition coefficient (Wildman–Crippen LogP) is 2.71. The van der Waals surface area contributed by atoms with Gasteiger partial charge in [0.1, 0.15) is 0 Å². The maximum absolute atomic E-state index is 4.32. The monoisotopic (exact) mass is 184 g/mol. The largest absolute Gasteiger partial charge is 0.264 e. The lowest BCUT2D eigenvalue weighted by atomic mass is 10.1. The summed E-state index contributed by atoms with van der Waals surface area (Å²) in [7, 11) is 0. The molecule has 2 heteroatoms. The Morgan fingerprint density at radius 1 is 1.21 bits per heavy atom. The Bertz CT molecular complexity index is 410. The Kier molecular flexibility index (Phi) is 2.54. The zero-order chi connectivity index (χ0) is 9.80. The van der Waals surface area contributed by atoms with Crippen LogP contribution < -0.4 is 0 Å². The molecule has 0 spiro atoms. The molecule has 14 heavy (non-hydrogen) atoms. The molecule has 70 valence electrons. The minimum atomic E-state index is 0.998. The summed E-state index contributed by atoms with van der Waals surface area (Å²) < 4.78 is 0. The molecular weight excluding hydrogens is 172 g/mol. The lowest BCUT2D eigenvalue weighted by Gasteiger charge is -2.01. The highest BCUT2D eigenvalue weighted by Gasteiger charge is 1.98. The molecule has 0 aliphatic rings. The van der Waals surface area contributed by atoms with Crippen molar-refractivity contribution in [1.29, 1.82) is 0 Å². The third-order valence-corrected chi connectivity index (χ3v) is 2.19. The van der Waals surface area contributed by atoms with Crippen LogP contribution in [-0.4, -0.2) is 9.97 Å². The maximum atomic E-state index is 4.32. The zero-order valence-corrected chi connectivity index (χ0v) is 8.14. The van der Waals surface area contributed by atoms with E-state index in [4.69, 9.17) is 0 Å². The summed E-state index contributed by atoms with van der Waals surface area (Å²) in [5.41, 5.74) is 3.37. The minimum Gasteiger partial charge on any atom is -0.264 e. The van der Waals surface area contributed by atoms with E-state index in [0.29, 0.717) is 0 Å². The first-order valence-corrected chi connectivity index (χ1v) is 4.75. The highest BCUT2D eigenvalue weighted by atomic mass is 14.7. The van der Waals surface area contributed by atoms with E-state index in [2.05, 4.69) is 23.0 Å². The Morgan fingerprint density at radius 3 is 2.86 bits per heavy atom. The fraction of sp³-hybridized carbons (Fsp3) is 0.167. The first-order chi connectivity index (χ1) is 6.90. The zero-order valence-electron chi connectivity index (χ0n) is 8.14. The van der Waals surface area contributed by atoms with Gasteiger partial charge in [0.2, 0.25) is 0 Å². The van der Waals surface area contributed by atoms with Gasteiger partial charge in [-0.25, -0.2) is 0 Å². The second kappa shape index (κ2) is 4.01. The van der Waals surface area contributed by atoms with Crippen LogP contribution in [0.1, 0.15) is 12.5 Å². The van der Waals surface area contributed by atoms with Gasteiger partial charge in [-0.3, -0.25) is 9.97 Å². The number of hydrogen-bond acceptors (Lipinski definition) is 2. The van der Waals surface area contributed by atoms with E-state index < -0.39 is 0 Å². The topological polar surface area (TPSA) is 25.8 Å². The van der Waals surface area contributed by atoms with Crippen molar-refractivity contribution in [3.8, 4) is 11.3 Å². The van der Waals surface area contributed by atoms with Crippen molar-refractivity contribution in [3.63, 3.8) is 0 Å². The van der Waals surface area contributed by atoms with E-state index >= 15 is 0 Å². The molecule has 2 aromatic heterocycles. The van der Waals surface area contributed by atoms with Gasteiger partial charge >= 0.3 is 0 Å². The predicted molar refractivity (Wildman–Crippen MR) is 56.8 cm³/mol. The smallest absolute Gasteiger partial charge is 0.0720 e. The Balaban J connectivity index is 2.42. The minimum absolute atomic E-state index is 0.998. The molecule has 0 amide bonds. The number of pyridine rings is 2. The molecule has 0 saturated heterocycles. The van der Waals surface area contributed by atoms with E-state index in [0.717, 1.165) is 17.7 Å². The molecule has 0 aliphatic carbocycles. The Morgan fingerprint density at radius 2 is 2.14 bits per heavy atom. The average molecular weight is 184 g/mol. The van der Waals surface area contributed by atoms with Gasteiger partial charge in [0.25, 0.3) is 0 Å². The number of hydrogen-bond donors (Lipinski definition) is 0. The van der Waals surface area contributed by atoms with Crippen molar-refractivity contribution in [2.24, 2.45) is 0 Å². The van der Waals surface area contributed by atoms with Crippen LogP contribution in [0.5, 0.6) is 0 Å². The summed E-state index contributed by atoms with van der Waals surface area (Å²) in [6, 6.07) is 8.10. The van der Waals surface area contributed by atoms with Crippen LogP contribution in [0.3, 0.4) is 0 Å². The fourth-order valence-electron chi connectivity index (χ4n) is 1.37. The summed E-state index contributed by atoms with van der Waals surface area (Å²) in [6.07, 6.45) is 6.49. The van der Waals surface area contributed by atoms with Crippen LogP contribution >= 0.6 is 0 Å². The number of rotatable bonds is 2. The van der Waals surface area contributed by atoms with Gasteiger partial charge in [0.05, 0.1) is 5.69 Å². The number of aryl methyl sites for hydroxylation is 1. The third-order valence-electron chi connectivity index (χ3n) is 2.19. The van der Waals surface area contributed by atoms with Crippen molar-refractivity contribution >= 4 is 0 Å². The maximum Gasteiger partial charge on any atom is 0.0720 e. The molecule has 2 aromatic rings. The van der Waals surface area contributed by atoms with E-state index in [1.165, 1.54) is 5.56 Å². The standard InChI is InChI=1S/C12H12N2/c1-2-10-5-7-14-12(8-10)11-4-3-6-13-9-11/h3-9H,2H2,1H3. The lowest BCUT2D eigenvalue weighted by molar-refractivity contribution is 1.12. The summed E-state index contributed by atoms with van der Waals surface area (Å²) in [5, 5.41) is 0. The fourth-order valence-corrected chi connectivity index (χ4v) is 1.37. The van der Waals surface area contributed by atoms with Gasteiger partial charge in [-0.2, -0.15) is 0 Å². The van der Waals surface area contributed by atoms with Crippen LogP contribution in [0, 0.1) is 0 Å². The van der Waals surface area contributed by atoms with Gasteiger partial charge in [-0.15, -0.1) is 0 Å². The van der Waals surface area contributed by atoms with Gasteiger partial charge in [-0.05, 0) is 36.2 Å². The van der Waals surface area contributed by atoms with Crippen molar-refractivity contribution in [3.05, 3.63) is 48.4 Å². The van der Waals surface area contributed by atoms with Gasteiger partial charge in [0, 0.05) is 24.2 Å². The normalized spacial score (nSPS) is 10.1. The van der Waals surface area contributed by atoms with Crippen LogP contribution in [0.2, 0.25) is 0 Å². The highest BCUT2D eigenvalue weighted by molar-refractivity contribution is 5.58. The summed E-state index contributed by atoms with van der Waals surface area (Å²) in [6.45, 7) is 2.14. The van der Waals surface area contributed by atoms with Crippen molar-refractivity contribution in [2.45, 2.75) is 13.3 Å². The van der Waals surface area contributed by atoms with E-state index in [-0.39, 0.29) is 0 Å². The average Bonchev–Trinajstić information content (AvgIpc) is 2.30. The first-order valence-electron chi connectivity index (χ1n) is 4.75. The summed E-state index contributed by atoms with van der Waals surface area (Å²) in [5.74, 6) is 0. The summed E-state index contributed by atoms with van der Waals surface area (Å²) in [4.78, 5) is 8.39. The molecule has 0 bridgehead atoms. The Hall–Kier alpha value is -1.70. The van der Waals surface area contributed by atoms with Crippen molar-refractivity contribution in [2.75, 3.05) is 0 Å². The molecule has 0 aliphatic heterocycles. The summed E-state index contributed by atoms with van der Waals surface area (Å²) >= 11 is 0. The molecule has 2 nitrogen and oxygen atoms in total. The second-order valence-electron chi connectivity index (χ2n) is 3.14. The quantitative estimate of drug-likeness (QED) is 0.717. The van der Waals surface area contributed by atoms with E-state index in [9.17, 15) is 0 Å². The van der Waals surface area contributed by atoms with Gasteiger partial charge in [0.15, 0.2) is 0 Å². The molecule has 0 N–H and O–H groups in total. The van der Waals surface area contributed by atoms with E-state index in [1.54, 1.807) is 6.20 Å². The molecule has 2 heterocycles. The number of nitrogens with zero attached hydrogens (tertiary/aromatic N) is 2. The molecule has 0 saturated carbocycles. The van der Waals surface area contributed by atoms with Crippen molar-refractivity contribution < 1.29 is 0 Å². The molecule has 0 atom stereocenters. The van der Waals surface area contributed by atoms with Gasteiger partial charge < -0.3 is 0 Å². The Labute approximate surface area is 83.7 Å². The molecule has 0 fully saturated rings. The lowest BCUT2D eigenvalue weighted by Crippen LogP contribution is -1.87. The second-order valence-corrected chi connectivity index (χ2v) is 3.14. The van der Waals surface area contributed by atoms with Crippen LogP contribution in [0.25, 0.3) is 11.3 Å². The SMILES string of the molecule is CCc1ccnc(-c2cccnc2)c1. The van der Waals surface area contributed by atoms with Crippen molar-refractivity contribution in [1.82, 2.24) is 9.97 Å². The molecular formula is C12H12N2. The molecule has 2 rings (SSSR count). The van der Waals surface area contributed by atoms with E-state index in [1.807, 2.05) is 30.6 Å². The van der Waals surface area contributed by atoms with Crippen LogP contribution in [0.4, 0.5) is 0 Å². The first kappa shape index (κ1) is 8.88. The molecule has 0 unspecified atom stereocenters. The van der Waals surface area contributed by atoms with Gasteiger partial charge in [-0.1, -0.05) is 6.92 Å². The highest BCUT2D eigenvalue weighted by Crippen LogP contribution is 2.16.